The van der Waals surface area contributed by atoms with Gasteiger partial charge in [-0.2, -0.15) is 0 Å². The van der Waals surface area contributed by atoms with Gasteiger partial charge in [-0.3, -0.25) is 4.79 Å². The number of benzene rings is 2. The van der Waals surface area contributed by atoms with E-state index in [4.69, 9.17) is 4.74 Å². The van der Waals surface area contributed by atoms with Crippen molar-refractivity contribution in [1.29, 1.82) is 0 Å². The molecule has 0 N–H and O–H groups in total. The number of hydrogen-bond donors (Lipinski definition) is 0. The summed E-state index contributed by atoms with van der Waals surface area (Å²) in [5.74, 6) is 2.74. The van der Waals surface area contributed by atoms with E-state index in [2.05, 4.69) is 38.8 Å². The van der Waals surface area contributed by atoms with Crippen molar-refractivity contribution in [1.82, 2.24) is 14.9 Å². The molecule has 3 heterocycles. The van der Waals surface area contributed by atoms with E-state index in [1.807, 2.05) is 47.4 Å². The predicted molar refractivity (Wildman–Crippen MR) is 134 cm³/mol. The van der Waals surface area contributed by atoms with E-state index in [0.29, 0.717) is 30.3 Å². The fraction of sp³-hybridized carbons (Fsp3) is 0.370. The van der Waals surface area contributed by atoms with Crippen molar-refractivity contribution in [3.8, 4) is 11.6 Å². The third-order valence-corrected chi connectivity index (χ3v) is 6.73. The maximum absolute atomic E-state index is 13.0. The van der Waals surface area contributed by atoms with Gasteiger partial charge >= 0.3 is 0 Å². The van der Waals surface area contributed by atoms with Crippen LogP contribution in [-0.2, 0) is 0 Å². The van der Waals surface area contributed by atoms with Crippen molar-refractivity contribution in [2.75, 3.05) is 49.1 Å². The van der Waals surface area contributed by atoms with Crippen LogP contribution in [0.1, 0.15) is 30.1 Å². The zero-order valence-electron chi connectivity index (χ0n) is 19.6. The molecule has 1 amide bonds. The normalized spacial score (nSPS) is 17.0. The number of hydrogen-bond acceptors (Lipinski definition) is 6. The summed E-state index contributed by atoms with van der Waals surface area (Å²) >= 11 is 0. The number of carbonyl (C=O) groups is 1. The molecule has 0 bridgehead atoms. The summed E-state index contributed by atoms with van der Waals surface area (Å²) in [6.45, 7) is 7.30. The van der Waals surface area contributed by atoms with Crippen LogP contribution in [0, 0.1) is 5.92 Å². The molecule has 34 heavy (non-hydrogen) atoms. The van der Waals surface area contributed by atoms with E-state index in [1.165, 1.54) is 5.69 Å². The molecule has 2 aliphatic heterocycles. The largest absolute Gasteiger partial charge is 0.436 e. The number of piperazine rings is 1. The predicted octanol–water partition coefficient (Wildman–Crippen LogP) is 4.47. The second kappa shape index (κ2) is 10.1. The van der Waals surface area contributed by atoms with E-state index < -0.39 is 0 Å². The first kappa shape index (κ1) is 22.2. The fourth-order valence-electron chi connectivity index (χ4n) is 4.59. The molecule has 0 atom stereocenters. The van der Waals surface area contributed by atoms with Crippen LogP contribution in [0.3, 0.4) is 0 Å². The molecule has 0 spiro atoms. The quantitative estimate of drug-likeness (QED) is 0.564. The Hall–Kier alpha value is -3.61. The van der Waals surface area contributed by atoms with Gasteiger partial charge in [0, 0.05) is 62.9 Å². The van der Waals surface area contributed by atoms with Crippen LogP contribution in [0.5, 0.6) is 11.6 Å². The molecule has 0 radical (unpaired) electrons. The number of rotatable bonds is 5. The minimum atomic E-state index is 0.0573. The zero-order chi connectivity index (χ0) is 23.3. The summed E-state index contributed by atoms with van der Waals surface area (Å²) in [6.07, 6.45) is 5.65. The van der Waals surface area contributed by atoms with Gasteiger partial charge < -0.3 is 19.4 Å². The molecular formula is C27H31N5O2. The molecule has 1 aromatic heterocycles. The molecule has 2 aliphatic rings. The fourth-order valence-corrected chi connectivity index (χ4v) is 4.59. The first-order valence-electron chi connectivity index (χ1n) is 12.1. The third kappa shape index (κ3) is 4.98. The average molecular weight is 458 g/mol. The molecule has 2 fully saturated rings. The van der Waals surface area contributed by atoms with Gasteiger partial charge in [-0.25, -0.2) is 9.97 Å². The van der Waals surface area contributed by atoms with Crippen molar-refractivity contribution in [3.05, 3.63) is 72.6 Å². The molecule has 176 valence electrons. The van der Waals surface area contributed by atoms with E-state index in [-0.39, 0.29) is 5.91 Å². The second-order valence-corrected chi connectivity index (χ2v) is 9.10. The van der Waals surface area contributed by atoms with E-state index >= 15 is 0 Å². The summed E-state index contributed by atoms with van der Waals surface area (Å²) in [5, 5.41) is 0. The summed E-state index contributed by atoms with van der Waals surface area (Å²) in [6, 6.07) is 17.7. The Bertz CT molecular complexity index is 1090. The number of amides is 1. The van der Waals surface area contributed by atoms with Crippen LogP contribution in [0.4, 0.5) is 11.5 Å². The Morgan fingerprint density at radius 1 is 0.824 bits per heavy atom. The number of nitrogens with zero attached hydrogens (tertiary/aromatic N) is 5. The number of para-hydroxylation sites is 1. The smallest absolute Gasteiger partial charge is 0.263 e. The third-order valence-electron chi connectivity index (χ3n) is 6.73. The summed E-state index contributed by atoms with van der Waals surface area (Å²) in [5.41, 5.74) is 1.88. The molecule has 7 nitrogen and oxygen atoms in total. The van der Waals surface area contributed by atoms with Gasteiger partial charge in [0.15, 0.2) is 5.82 Å². The minimum absolute atomic E-state index is 0.0573. The highest BCUT2D eigenvalue weighted by Crippen LogP contribution is 2.31. The minimum Gasteiger partial charge on any atom is -0.436 e. The summed E-state index contributed by atoms with van der Waals surface area (Å²) in [4.78, 5) is 28.5. The van der Waals surface area contributed by atoms with Crippen LogP contribution in [-0.4, -0.2) is 60.0 Å². The highest BCUT2D eigenvalue weighted by Gasteiger charge is 2.23. The first-order chi connectivity index (χ1) is 16.7. The number of piperidine rings is 1. The van der Waals surface area contributed by atoms with Gasteiger partial charge in [-0.1, -0.05) is 25.1 Å². The van der Waals surface area contributed by atoms with Gasteiger partial charge in [0.25, 0.3) is 11.8 Å². The highest BCUT2D eigenvalue weighted by molar-refractivity contribution is 5.94. The zero-order valence-corrected chi connectivity index (χ0v) is 19.6. The van der Waals surface area contributed by atoms with Crippen LogP contribution in [0.25, 0.3) is 0 Å². The maximum atomic E-state index is 13.0. The van der Waals surface area contributed by atoms with E-state index in [1.54, 1.807) is 12.4 Å². The molecule has 2 aromatic carbocycles. The van der Waals surface area contributed by atoms with Crippen LogP contribution < -0.4 is 14.5 Å². The number of anilines is 2. The van der Waals surface area contributed by atoms with Crippen molar-refractivity contribution in [2.45, 2.75) is 19.8 Å². The molecule has 0 saturated carbocycles. The Morgan fingerprint density at radius 3 is 2.21 bits per heavy atom. The van der Waals surface area contributed by atoms with Gasteiger partial charge in [0.1, 0.15) is 5.75 Å². The molecular weight excluding hydrogens is 426 g/mol. The number of aromatic nitrogens is 2. The lowest BCUT2D eigenvalue weighted by atomic mass is 9.99. The van der Waals surface area contributed by atoms with Crippen LogP contribution in [0.2, 0.25) is 0 Å². The van der Waals surface area contributed by atoms with Crippen molar-refractivity contribution >= 4 is 17.4 Å². The van der Waals surface area contributed by atoms with Crippen molar-refractivity contribution in [2.24, 2.45) is 5.92 Å². The Kier molecular flexibility index (Phi) is 6.60. The molecule has 2 saturated heterocycles. The Balaban J connectivity index is 1.21. The van der Waals surface area contributed by atoms with Crippen LogP contribution >= 0.6 is 0 Å². The van der Waals surface area contributed by atoms with Gasteiger partial charge in [0.2, 0.25) is 0 Å². The second-order valence-electron chi connectivity index (χ2n) is 9.10. The summed E-state index contributed by atoms with van der Waals surface area (Å²) in [7, 11) is 0. The lowest BCUT2D eigenvalue weighted by Gasteiger charge is -2.36. The topological polar surface area (TPSA) is 61.8 Å². The SMILES string of the molecule is CC1CCN(c2nccnc2Oc2ccc(C(=O)N3CCN(c4ccccc4)CC3)cc2)CC1. The van der Waals surface area contributed by atoms with Gasteiger partial charge in [0.05, 0.1) is 0 Å². The number of carbonyl (C=O) groups excluding carboxylic acids is 1. The molecule has 5 rings (SSSR count). The lowest BCUT2D eigenvalue weighted by molar-refractivity contribution is 0.0747. The molecule has 7 heteroatoms. The number of ether oxygens (including phenoxy) is 1. The monoisotopic (exact) mass is 457 g/mol. The van der Waals surface area contributed by atoms with Gasteiger partial charge in [-0.15, -0.1) is 0 Å². The standard InChI is InChI=1S/C27H31N5O2/c1-21-11-15-31(16-12-21)25-26(29-14-13-28-25)34-24-9-7-22(8-10-24)27(33)32-19-17-30(18-20-32)23-5-3-2-4-6-23/h2-10,13-14,21H,11-12,15-20H2,1H3. The van der Waals surface area contributed by atoms with Gasteiger partial charge in [-0.05, 0) is 55.2 Å². The van der Waals surface area contributed by atoms with Crippen LogP contribution in [0.15, 0.2) is 67.0 Å². The Labute approximate surface area is 201 Å². The van der Waals surface area contributed by atoms with E-state index in [9.17, 15) is 4.79 Å². The molecule has 0 aliphatic carbocycles. The maximum Gasteiger partial charge on any atom is 0.263 e. The first-order valence-corrected chi connectivity index (χ1v) is 12.1. The Morgan fingerprint density at radius 2 is 1.50 bits per heavy atom. The van der Waals surface area contributed by atoms with E-state index in [0.717, 1.165) is 50.8 Å². The lowest BCUT2D eigenvalue weighted by Crippen LogP contribution is -2.48. The van der Waals surface area contributed by atoms with Crippen molar-refractivity contribution in [3.63, 3.8) is 0 Å². The highest BCUT2D eigenvalue weighted by atomic mass is 16.5. The molecule has 0 unspecified atom stereocenters. The van der Waals surface area contributed by atoms with Crippen molar-refractivity contribution < 1.29 is 9.53 Å². The average Bonchev–Trinajstić information content (AvgIpc) is 2.90. The summed E-state index contributed by atoms with van der Waals surface area (Å²) < 4.78 is 6.09. The molecule has 3 aromatic rings.